The normalized spacial score (nSPS) is 12.9. The Labute approximate surface area is 367 Å². The molecule has 1 spiro atoms. The number of hydrogen-bond acceptors (Lipinski definition) is 1. The summed E-state index contributed by atoms with van der Waals surface area (Å²) in [5.74, 6) is 0. The van der Waals surface area contributed by atoms with Crippen LogP contribution in [-0.2, 0) is 5.41 Å². The Hall–Kier alpha value is -8.20. The van der Waals surface area contributed by atoms with E-state index in [1.807, 2.05) is 0 Å². The third-order valence-electron chi connectivity index (χ3n) is 13.6. The maximum atomic E-state index is 2.54. The van der Waals surface area contributed by atoms with Gasteiger partial charge in [0.15, 0.2) is 0 Å². The van der Waals surface area contributed by atoms with Crippen LogP contribution in [0.15, 0.2) is 243 Å². The number of rotatable bonds is 6. The van der Waals surface area contributed by atoms with Crippen LogP contribution in [0, 0.1) is 0 Å². The van der Waals surface area contributed by atoms with E-state index in [2.05, 4.69) is 252 Å². The molecular weight excluding hydrogens is 761 g/mol. The molecule has 63 heavy (non-hydrogen) atoms. The Morgan fingerprint density at radius 1 is 0.317 bits per heavy atom. The number of aromatic nitrogens is 1. The SMILES string of the molecule is c1ccc(-c2ccc(N(c3cc4c5c(c3)c3ccccc3n5-c3ccccc3C43c4ccccc4-c4ccccc43)c3ccccc3-c3ccccc3-c3ccccc3)cc2)cc1. The van der Waals surface area contributed by atoms with Crippen molar-refractivity contribution < 1.29 is 0 Å². The zero-order valence-electron chi connectivity index (χ0n) is 34.5. The molecule has 0 fully saturated rings. The summed E-state index contributed by atoms with van der Waals surface area (Å²) in [5.41, 5.74) is 21.4. The van der Waals surface area contributed by atoms with Gasteiger partial charge < -0.3 is 9.47 Å². The highest BCUT2D eigenvalue weighted by atomic mass is 15.1. The molecule has 2 heteroatoms. The zero-order valence-corrected chi connectivity index (χ0v) is 34.5. The monoisotopic (exact) mass is 800 g/mol. The van der Waals surface area contributed by atoms with E-state index in [-0.39, 0.29) is 0 Å². The Morgan fingerprint density at radius 3 is 1.56 bits per heavy atom. The molecule has 0 N–H and O–H groups in total. The van der Waals surface area contributed by atoms with Gasteiger partial charge in [-0.25, -0.2) is 0 Å². The van der Waals surface area contributed by atoms with E-state index in [1.165, 1.54) is 88.7 Å². The van der Waals surface area contributed by atoms with Crippen LogP contribution in [0.1, 0.15) is 22.3 Å². The lowest BCUT2D eigenvalue weighted by Gasteiger charge is -2.40. The molecule has 1 aliphatic heterocycles. The van der Waals surface area contributed by atoms with Crippen LogP contribution < -0.4 is 4.90 Å². The lowest BCUT2D eigenvalue weighted by Crippen LogP contribution is -2.33. The quantitative estimate of drug-likeness (QED) is 0.163. The van der Waals surface area contributed by atoms with Gasteiger partial charge in [-0.15, -0.1) is 0 Å². The van der Waals surface area contributed by atoms with Crippen molar-refractivity contribution in [3.8, 4) is 50.2 Å². The summed E-state index contributed by atoms with van der Waals surface area (Å²) in [6.07, 6.45) is 0. The second-order valence-electron chi connectivity index (χ2n) is 16.8. The predicted molar refractivity (Wildman–Crippen MR) is 263 cm³/mol. The second-order valence-corrected chi connectivity index (χ2v) is 16.8. The summed E-state index contributed by atoms with van der Waals surface area (Å²) < 4.78 is 2.54. The van der Waals surface area contributed by atoms with E-state index in [0.717, 1.165) is 22.6 Å². The smallest absolute Gasteiger partial charge is 0.0755 e. The van der Waals surface area contributed by atoms with Crippen molar-refractivity contribution in [2.75, 3.05) is 4.90 Å². The van der Waals surface area contributed by atoms with Crippen LogP contribution in [0.3, 0.4) is 0 Å². The minimum Gasteiger partial charge on any atom is -0.310 e. The first kappa shape index (κ1) is 35.5. The van der Waals surface area contributed by atoms with Crippen LogP contribution in [0.5, 0.6) is 0 Å². The molecule has 13 rings (SSSR count). The summed E-state index contributed by atoms with van der Waals surface area (Å²) in [6.45, 7) is 0. The van der Waals surface area contributed by atoms with E-state index in [9.17, 15) is 0 Å². The van der Waals surface area contributed by atoms with Crippen molar-refractivity contribution >= 4 is 38.9 Å². The van der Waals surface area contributed by atoms with Gasteiger partial charge in [-0.05, 0) is 104 Å². The van der Waals surface area contributed by atoms with E-state index < -0.39 is 5.41 Å². The predicted octanol–water partition coefficient (Wildman–Crippen LogP) is 15.9. The highest BCUT2D eigenvalue weighted by molar-refractivity contribution is 6.14. The molecule has 0 bridgehead atoms. The Morgan fingerprint density at radius 2 is 0.841 bits per heavy atom. The van der Waals surface area contributed by atoms with E-state index in [1.54, 1.807) is 0 Å². The average Bonchev–Trinajstić information content (AvgIpc) is 3.85. The molecule has 0 unspecified atom stereocenters. The molecule has 0 saturated carbocycles. The van der Waals surface area contributed by atoms with E-state index in [4.69, 9.17) is 0 Å². The Balaban J connectivity index is 1.15. The third kappa shape index (κ3) is 5.13. The van der Waals surface area contributed by atoms with Gasteiger partial charge in [0.1, 0.15) is 0 Å². The number of nitrogens with zero attached hydrogens (tertiary/aromatic N) is 2. The van der Waals surface area contributed by atoms with Gasteiger partial charge in [0.25, 0.3) is 0 Å². The van der Waals surface area contributed by atoms with Crippen molar-refractivity contribution in [1.29, 1.82) is 0 Å². The van der Waals surface area contributed by atoms with Crippen molar-refractivity contribution in [3.05, 3.63) is 265 Å². The molecule has 2 aliphatic rings. The second kappa shape index (κ2) is 13.9. The topological polar surface area (TPSA) is 8.17 Å². The summed E-state index contributed by atoms with van der Waals surface area (Å²) in [4.78, 5) is 2.51. The van der Waals surface area contributed by atoms with E-state index in [0.29, 0.717) is 0 Å². The minimum absolute atomic E-state index is 0.565. The van der Waals surface area contributed by atoms with Crippen LogP contribution in [-0.4, -0.2) is 4.57 Å². The molecule has 11 aromatic rings. The number of fused-ring (bicyclic) bond motifs is 12. The number of anilines is 3. The van der Waals surface area contributed by atoms with Gasteiger partial charge >= 0.3 is 0 Å². The fraction of sp³-hybridized carbons (Fsp3) is 0.0164. The maximum absolute atomic E-state index is 2.54. The standard InChI is InChI=1S/C61H40N2/c1-3-19-41(20-4-1)42-35-37-44(38-36-42)62(57-32-16-11-27-50(57)47-24-8-7-23-46(47)43-21-5-2-6-22-43)45-39-52-51-28-12-17-33-58(51)63-59-34-18-15-31-55(59)61(56(40-45)60(52)63)53-29-13-9-25-48(53)49-26-10-14-30-54(49)61/h1-40H. The molecule has 0 amide bonds. The van der Waals surface area contributed by atoms with Gasteiger partial charge in [0.05, 0.1) is 27.8 Å². The zero-order chi connectivity index (χ0) is 41.5. The fourth-order valence-electron chi connectivity index (χ4n) is 11.0. The molecule has 1 aromatic heterocycles. The molecular formula is C61H40N2. The van der Waals surface area contributed by atoms with Crippen molar-refractivity contribution in [3.63, 3.8) is 0 Å². The van der Waals surface area contributed by atoms with Crippen LogP contribution in [0.4, 0.5) is 17.1 Å². The lowest BCUT2D eigenvalue weighted by atomic mass is 9.65. The van der Waals surface area contributed by atoms with Crippen LogP contribution >= 0.6 is 0 Å². The largest absolute Gasteiger partial charge is 0.310 e. The molecule has 0 saturated heterocycles. The Bertz CT molecular complexity index is 3520. The first-order chi connectivity index (χ1) is 31.3. The van der Waals surface area contributed by atoms with Gasteiger partial charge in [-0.3, -0.25) is 0 Å². The molecule has 1 aliphatic carbocycles. The summed E-state index contributed by atoms with van der Waals surface area (Å²) in [5, 5.41) is 2.48. The van der Waals surface area contributed by atoms with Gasteiger partial charge in [-0.2, -0.15) is 0 Å². The number of hydrogen-bond donors (Lipinski definition) is 0. The van der Waals surface area contributed by atoms with Crippen molar-refractivity contribution in [1.82, 2.24) is 4.57 Å². The molecule has 0 atom stereocenters. The highest BCUT2D eigenvalue weighted by Gasteiger charge is 2.51. The van der Waals surface area contributed by atoms with Crippen LogP contribution in [0.25, 0.3) is 72.0 Å². The molecule has 10 aromatic carbocycles. The van der Waals surface area contributed by atoms with E-state index >= 15 is 0 Å². The highest BCUT2D eigenvalue weighted by Crippen LogP contribution is 2.62. The molecule has 2 nitrogen and oxygen atoms in total. The molecule has 0 radical (unpaired) electrons. The number of para-hydroxylation sites is 3. The Kier molecular flexibility index (Phi) is 7.85. The third-order valence-corrected chi connectivity index (χ3v) is 13.6. The van der Waals surface area contributed by atoms with Gasteiger partial charge in [-0.1, -0.05) is 200 Å². The molecule has 294 valence electrons. The summed E-state index contributed by atoms with van der Waals surface area (Å²) >= 11 is 0. The lowest BCUT2D eigenvalue weighted by molar-refractivity contribution is 0.748. The first-order valence-corrected chi connectivity index (χ1v) is 21.9. The minimum atomic E-state index is -0.565. The fourth-order valence-corrected chi connectivity index (χ4v) is 11.0. The summed E-state index contributed by atoms with van der Waals surface area (Å²) in [7, 11) is 0. The first-order valence-electron chi connectivity index (χ1n) is 21.9. The van der Waals surface area contributed by atoms with Gasteiger partial charge in [0.2, 0.25) is 0 Å². The van der Waals surface area contributed by atoms with Crippen molar-refractivity contribution in [2.45, 2.75) is 5.41 Å². The summed E-state index contributed by atoms with van der Waals surface area (Å²) in [6, 6.07) is 89.7. The average molecular weight is 801 g/mol. The van der Waals surface area contributed by atoms with Crippen LogP contribution in [0.2, 0.25) is 0 Å². The van der Waals surface area contributed by atoms with Crippen molar-refractivity contribution in [2.24, 2.45) is 0 Å². The number of benzene rings is 10. The molecule has 2 heterocycles. The maximum Gasteiger partial charge on any atom is 0.0755 e. The van der Waals surface area contributed by atoms with Gasteiger partial charge in [0, 0.05) is 27.7 Å².